The molecule has 1 atom stereocenters. The lowest BCUT2D eigenvalue weighted by Crippen LogP contribution is -2.11. The van der Waals surface area contributed by atoms with Crippen molar-refractivity contribution in [1.29, 1.82) is 0 Å². The molecule has 0 spiro atoms. The van der Waals surface area contributed by atoms with Crippen LogP contribution in [-0.4, -0.2) is 10.2 Å². The van der Waals surface area contributed by atoms with Crippen molar-refractivity contribution in [3.05, 3.63) is 0 Å². The number of aliphatic hydroxyl groups is 1. The fourth-order valence-electron chi connectivity index (χ4n) is 5.03. The van der Waals surface area contributed by atoms with E-state index < -0.39 is 0 Å². The summed E-state index contributed by atoms with van der Waals surface area (Å²) < 4.78 is 0. The third-order valence-electron chi connectivity index (χ3n) is 7.41. The molecule has 0 aromatic rings. The maximum Gasteiger partial charge on any atom is 0.159 e. The lowest BCUT2D eigenvalue weighted by molar-refractivity contribution is 0.425. The van der Waals surface area contributed by atoms with Crippen molar-refractivity contribution in [3.63, 3.8) is 0 Å². The first-order valence-corrected chi connectivity index (χ1v) is 15.9. The molecule has 0 aliphatic rings. The van der Waals surface area contributed by atoms with Crippen LogP contribution in [0.4, 0.5) is 0 Å². The molecule has 33 heavy (non-hydrogen) atoms. The van der Waals surface area contributed by atoms with Crippen molar-refractivity contribution >= 4 is 17.3 Å². The summed E-state index contributed by atoms with van der Waals surface area (Å²) in [6.45, 7) is 4.58. The van der Waals surface area contributed by atoms with Crippen LogP contribution < -0.4 is 0 Å². The molecule has 0 bridgehead atoms. The van der Waals surface area contributed by atoms with Gasteiger partial charge in [0.2, 0.25) is 0 Å². The van der Waals surface area contributed by atoms with E-state index in [9.17, 15) is 5.11 Å². The smallest absolute Gasteiger partial charge is 0.159 e. The van der Waals surface area contributed by atoms with Gasteiger partial charge in [-0.3, -0.25) is 0 Å². The van der Waals surface area contributed by atoms with E-state index in [0.717, 1.165) is 12.8 Å². The SMILES string of the molecule is CCCCCCCCCCCCCCCC(CCCCCCCCCCCCCC)C(O)=S. The number of thiocarbonyl (C=S) groups is 1. The average molecular weight is 483 g/mol. The molecule has 0 saturated heterocycles. The molecule has 1 nitrogen and oxygen atoms in total. The zero-order valence-electron chi connectivity index (χ0n) is 23.0. The molecular formula is C31H62OS. The normalized spacial score (nSPS) is 12.3. The Hall–Kier alpha value is -0.110. The van der Waals surface area contributed by atoms with E-state index in [1.165, 1.54) is 161 Å². The molecule has 0 aliphatic heterocycles. The molecule has 1 unspecified atom stereocenters. The summed E-state index contributed by atoms with van der Waals surface area (Å²) in [5, 5.41) is 10.2. The third kappa shape index (κ3) is 26.3. The zero-order valence-corrected chi connectivity index (χ0v) is 23.8. The van der Waals surface area contributed by atoms with E-state index >= 15 is 0 Å². The Morgan fingerprint density at radius 1 is 0.424 bits per heavy atom. The van der Waals surface area contributed by atoms with Gasteiger partial charge in [-0.25, -0.2) is 0 Å². The minimum absolute atomic E-state index is 0.274. The summed E-state index contributed by atoms with van der Waals surface area (Å²) in [4.78, 5) is 0. The van der Waals surface area contributed by atoms with Gasteiger partial charge in [-0.05, 0) is 25.1 Å². The minimum atomic E-state index is 0.274. The van der Waals surface area contributed by atoms with Gasteiger partial charge in [-0.15, -0.1) is 0 Å². The Morgan fingerprint density at radius 2 is 0.636 bits per heavy atom. The van der Waals surface area contributed by atoms with E-state index in [1.807, 2.05) is 0 Å². The number of rotatable bonds is 28. The lowest BCUT2D eigenvalue weighted by Gasteiger charge is -2.14. The lowest BCUT2D eigenvalue weighted by atomic mass is 9.94. The van der Waals surface area contributed by atoms with Gasteiger partial charge in [-0.1, -0.05) is 174 Å². The highest BCUT2D eigenvalue weighted by molar-refractivity contribution is 7.80. The second-order valence-corrected chi connectivity index (χ2v) is 11.2. The molecular weight excluding hydrogens is 420 g/mol. The maximum absolute atomic E-state index is 9.91. The Morgan fingerprint density at radius 3 is 0.848 bits per heavy atom. The average Bonchev–Trinajstić information content (AvgIpc) is 2.81. The fraction of sp³-hybridized carbons (Fsp3) is 0.968. The molecule has 0 radical (unpaired) electrons. The van der Waals surface area contributed by atoms with Crippen LogP contribution in [0.3, 0.4) is 0 Å². The second kappa shape index (κ2) is 28.1. The van der Waals surface area contributed by atoms with Crippen molar-refractivity contribution in [2.24, 2.45) is 5.92 Å². The Labute approximate surface area is 215 Å². The Bertz CT molecular complexity index is 381. The van der Waals surface area contributed by atoms with Gasteiger partial charge in [0.25, 0.3) is 0 Å². The van der Waals surface area contributed by atoms with Crippen LogP contribution in [0.1, 0.15) is 187 Å². The molecule has 0 rings (SSSR count). The fourth-order valence-corrected chi connectivity index (χ4v) is 5.27. The summed E-state index contributed by atoms with van der Waals surface area (Å²) >= 11 is 5.15. The quantitative estimate of drug-likeness (QED) is 0.0883. The molecule has 198 valence electrons. The zero-order chi connectivity index (χ0) is 24.2. The van der Waals surface area contributed by atoms with Gasteiger partial charge in [0.05, 0.1) is 0 Å². The standard InChI is InChI=1S/C31H62OS/c1-3-5-7-9-11-13-15-17-19-21-23-25-27-29-30(31(32)33)28-26-24-22-20-18-16-14-12-10-8-6-4-2/h30H,3-29H2,1-2H3,(H,32,33). The molecule has 0 aromatic carbocycles. The first-order valence-electron chi connectivity index (χ1n) is 15.4. The van der Waals surface area contributed by atoms with Gasteiger partial charge in [0, 0.05) is 5.92 Å². The van der Waals surface area contributed by atoms with E-state index in [-0.39, 0.29) is 11.0 Å². The van der Waals surface area contributed by atoms with Crippen molar-refractivity contribution < 1.29 is 5.11 Å². The van der Waals surface area contributed by atoms with Gasteiger partial charge >= 0.3 is 0 Å². The monoisotopic (exact) mass is 482 g/mol. The van der Waals surface area contributed by atoms with Gasteiger partial charge < -0.3 is 5.11 Å². The molecule has 0 fully saturated rings. The maximum atomic E-state index is 9.91. The highest BCUT2D eigenvalue weighted by Crippen LogP contribution is 2.21. The van der Waals surface area contributed by atoms with Gasteiger partial charge in [0.15, 0.2) is 5.05 Å². The topological polar surface area (TPSA) is 20.2 Å². The largest absolute Gasteiger partial charge is 0.502 e. The van der Waals surface area contributed by atoms with Crippen LogP contribution in [0.15, 0.2) is 0 Å². The first-order chi connectivity index (χ1) is 16.2. The van der Waals surface area contributed by atoms with Crippen LogP contribution in [0.5, 0.6) is 0 Å². The van der Waals surface area contributed by atoms with E-state index in [0.29, 0.717) is 0 Å². The molecule has 0 aromatic heterocycles. The van der Waals surface area contributed by atoms with Gasteiger partial charge in [0.1, 0.15) is 0 Å². The molecule has 0 amide bonds. The molecule has 2 heteroatoms. The number of aliphatic hydroxyl groups excluding tert-OH is 1. The first kappa shape index (κ1) is 32.9. The predicted octanol–water partition coefficient (Wildman–Crippen LogP) is 12.1. The number of unbranched alkanes of at least 4 members (excludes halogenated alkanes) is 23. The Kier molecular flexibility index (Phi) is 28.0. The van der Waals surface area contributed by atoms with Crippen LogP contribution in [0.25, 0.3) is 0 Å². The van der Waals surface area contributed by atoms with E-state index in [2.05, 4.69) is 13.8 Å². The van der Waals surface area contributed by atoms with Gasteiger partial charge in [-0.2, -0.15) is 0 Å². The summed E-state index contributed by atoms with van der Waals surface area (Å²) in [6.07, 6.45) is 37.0. The van der Waals surface area contributed by atoms with Crippen LogP contribution in [-0.2, 0) is 0 Å². The highest BCUT2D eigenvalue weighted by Gasteiger charge is 2.12. The van der Waals surface area contributed by atoms with Crippen molar-refractivity contribution in [1.82, 2.24) is 0 Å². The van der Waals surface area contributed by atoms with E-state index in [1.54, 1.807) is 0 Å². The minimum Gasteiger partial charge on any atom is -0.502 e. The summed E-state index contributed by atoms with van der Waals surface area (Å²) in [5.41, 5.74) is 0. The molecule has 0 saturated carbocycles. The molecule has 0 heterocycles. The summed E-state index contributed by atoms with van der Waals surface area (Å²) in [7, 11) is 0. The summed E-state index contributed by atoms with van der Waals surface area (Å²) in [5.74, 6) is 0.274. The second-order valence-electron chi connectivity index (χ2n) is 10.7. The number of hydrogen-bond acceptors (Lipinski definition) is 1. The van der Waals surface area contributed by atoms with E-state index in [4.69, 9.17) is 12.2 Å². The third-order valence-corrected chi connectivity index (χ3v) is 7.74. The summed E-state index contributed by atoms with van der Waals surface area (Å²) in [6, 6.07) is 0. The highest BCUT2D eigenvalue weighted by atomic mass is 32.1. The van der Waals surface area contributed by atoms with Crippen molar-refractivity contribution in [2.45, 2.75) is 187 Å². The van der Waals surface area contributed by atoms with Crippen LogP contribution in [0.2, 0.25) is 0 Å². The van der Waals surface area contributed by atoms with Crippen molar-refractivity contribution in [3.8, 4) is 0 Å². The Balaban J connectivity index is 3.41. The molecule has 1 N–H and O–H groups in total. The predicted molar refractivity (Wildman–Crippen MR) is 155 cm³/mol. The van der Waals surface area contributed by atoms with Crippen LogP contribution in [0, 0.1) is 5.92 Å². The van der Waals surface area contributed by atoms with Crippen molar-refractivity contribution in [2.75, 3.05) is 0 Å². The molecule has 0 aliphatic carbocycles. The van der Waals surface area contributed by atoms with Crippen LogP contribution >= 0.6 is 12.2 Å². The number of hydrogen-bond donors (Lipinski definition) is 1.